The van der Waals surface area contributed by atoms with Gasteiger partial charge in [-0.25, -0.2) is 0 Å². The maximum Gasteiger partial charge on any atom is 0.270 e. The first-order valence-electron chi connectivity index (χ1n) is 9.89. The van der Waals surface area contributed by atoms with Crippen LogP contribution in [0.1, 0.15) is 48.9 Å². The lowest BCUT2D eigenvalue weighted by Gasteiger charge is -2.35. The Morgan fingerprint density at radius 1 is 1.14 bits per heavy atom. The molecule has 1 aliphatic carbocycles. The molecule has 2 fully saturated rings. The normalized spacial score (nSPS) is 17.6. The number of rotatable bonds is 6. The van der Waals surface area contributed by atoms with E-state index in [-0.39, 0.29) is 23.1 Å². The number of nitrogens with zero attached hydrogens (tertiary/aromatic N) is 3. The summed E-state index contributed by atoms with van der Waals surface area (Å²) >= 11 is 0. The number of amides is 2. The van der Waals surface area contributed by atoms with E-state index in [0.717, 1.165) is 6.42 Å². The predicted molar refractivity (Wildman–Crippen MR) is 103 cm³/mol. The minimum Gasteiger partial charge on any atom is -0.496 e. The Morgan fingerprint density at radius 3 is 2.39 bits per heavy atom. The molecule has 0 bridgehead atoms. The van der Waals surface area contributed by atoms with Crippen LogP contribution in [-0.2, 0) is 4.79 Å². The fourth-order valence-electron chi connectivity index (χ4n) is 4.09. The van der Waals surface area contributed by atoms with Crippen LogP contribution in [0.25, 0.3) is 0 Å². The number of carbonyl (C=O) groups is 2. The van der Waals surface area contributed by atoms with Crippen LogP contribution < -0.4 is 4.74 Å². The molecule has 2 aliphatic rings. The van der Waals surface area contributed by atoms with Crippen molar-refractivity contribution in [2.45, 2.75) is 38.5 Å². The summed E-state index contributed by atoms with van der Waals surface area (Å²) < 4.78 is 5.20. The van der Waals surface area contributed by atoms with Gasteiger partial charge in [0.25, 0.3) is 11.6 Å². The van der Waals surface area contributed by atoms with Crippen LogP contribution in [-0.4, -0.2) is 59.8 Å². The van der Waals surface area contributed by atoms with Gasteiger partial charge in [-0.15, -0.1) is 0 Å². The zero-order valence-corrected chi connectivity index (χ0v) is 16.3. The van der Waals surface area contributed by atoms with Gasteiger partial charge in [0.2, 0.25) is 5.91 Å². The second-order valence-electron chi connectivity index (χ2n) is 7.50. The summed E-state index contributed by atoms with van der Waals surface area (Å²) in [5, 5.41) is 11.0. The van der Waals surface area contributed by atoms with Crippen LogP contribution in [0.3, 0.4) is 0 Å². The Bertz CT molecular complexity index is 737. The molecule has 2 amide bonds. The van der Waals surface area contributed by atoms with Crippen LogP contribution >= 0.6 is 0 Å². The number of non-ortho nitro benzene ring substituents is 1. The van der Waals surface area contributed by atoms with Crippen LogP contribution in [0.4, 0.5) is 5.69 Å². The van der Waals surface area contributed by atoms with E-state index in [2.05, 4.69) is 0 Å². The zero-order chi connectivity index (χ0) is 20.1. The number of carbonyl (C=O) groups excluding carboxylic acids is 2. The monoisotopic (exact) mass is 389 g/mol. The largest absolute Gasteiger partial charge is 0.496 e. The van der Waals surface area contributed by atoms with Crippen molar-refractivity contribution in [1.82, 2.24) is 9.80 Å². The van der Waals surface area contributed by atoms with Gasteiger partial charge in [-0.1, -0.05) is 25.7 Å². The van der Waals surface area contributed by atoms with E-state index in [1.807, 2.05) is 4.90 Å². The number of piperazine rings is 1. The molecule has 0 radical (unpaired) electrons. The lowest BCUT2D eigenvalue weighted by molar-refractivity contribution is -0.384. The quantitative estimate of drug-likeness (QED) is 0.551. The van der Waals surface area contributed by atoms with E-state index in [4.69, 9.17) is 4.74 Å². The SMILES string of the molecule is COc1ccc([N+](=O)[O-])cc1C(=O)N1CCN(C(=O)CCC2CCCC2)CC1. The van der Waals surface area contributed by atoms with Gasteiger partial charge < -0.3 is 14.5 Å². The summed E-state index contributed by atoms with van der Waals surface area (Å²) in [7, 11) is 1.43. The molecule has 8 heteroatoms. The molecule has 0 N–H and O–H groups in total. The first-order valence-corrected chi connectivity index (χ1v) is 9.89. The van der Waals surface area contributed by atoms with E-state index in [0.29, 0.717) is 44.3 Å². The topological polar surface area (TPSA) is 93.0 Å². The fraction of sp³-hybridized carbons (Fsp3) is 0.600. The molecule has 152 valence electrons. The summed E-state index contributed by atoms with van der Waals surface area (Å²) in [6, 6.07) is 4.00. The molecule has 1 saturated carbocycles. The highest BCUT2D eigenvalue weighted by atomic mass is 16.6. The highest BCUT2D eigenvalue weighted by Crippen LogP contribution is 2.29. The lowest BCUT2D eigenvalue weighted by Crippen LogP contribution is -2.50. The predicted octanol–water partition coefficient (Wildman–Crippen LogP) is 2.86. The minimum atomic E-state index is -0.531. The molecule has 3 rings (SSSR count). The van der Waals surface area contributed by atoms with E-state index >= 15 is 0 Å². The number of nitro benzene ring substituents is 1. The molecule has 1 aromatic carbocycles. The fourth-order valence-corrected chi connectivity index (χ4v) is 4.09. The van der Waals surface area contributed by atoms with E-state index in [1.165, 1.54) is 51.0 Å². The first-order chi connectivity index (χ1) is 13.5. The van der Waals surface area contributed by atoms with Crippen molar-refractivity contribution in [3.63, 3.8) is 0 Å². The molecule has 1 aliphatic heterocycles. The molecule has 1 aromatic rings. The van der Waals surface area contributed by atoms with Gasteiger partial charge in [0.1, 0.15) is 5.75 Å². The van der Waals surface area contributed by atoms with Crippen molar-refractivity contribution in [1.29, 1.82) is 0 Å². The number of benzene rings is 1. The summed E-state index contributed by atoms with van der Waals surface area (Å²) in [5.41, 5.74) is 0.0302. The van der Waals surface area contributed by atoms with Gasteiger partial charge >= 0.3 is 0 Å². The maximum atomic E-state index is 12.9. The minimum absolute atomic E-state index is 0.148. The Balaban J connectivity index is 1.57. The lowest BCUT2D eigenvalue weighted by atomic mass is 10.0. The van der Waals surface area contributed by atoms with Crippen LogP contribution in [0.5, 0.6) is 5.75 Å². The number of nitro groups is 1. The molecule has 0 aromatic heterocycles. The van der Waals surface area contributed by atoms with Crippen molar-refractivity contribution in [2.24, 2.45) is 5.92 Å². The molecule has 8 nitrogen and oxygen atoms in total. The Kier molecular flexibility index (Phi) is 6.49. The third-order valence-electron chi connectivity index (χ3n) is 5.79. The molecule has 1 saturated heterocycles. The van der Waals surface area contributed by atoms with Gasteiger partial charge in [0.15, 0.2) is 0 Å². The summed E-state index contributed by atoms with van der Waals surface area (Å²) in [5.74, 6) is 0.851. The van der Waals surface area contributed by atoms with Gasteiger partial charge in [0.05, 0.1) is 17.6 Å². The van der Waals surface area contributed by atoms with E-state index in [9.17, 15) is 19.7 Å². The highest BCUT2D eigenvalue weighted by Gasteiger charge is 2.28. The highest BCUT2D eigenvalue weighted by molar-refractivity contribution is 5.97. The van der Waals surface area contributed by atoms with E-state index < -0.39 is 4.92 Å². The molecular formula is C20H27N3O5. The molecule has 28 heavy (non-hydrogen) atoms. The smallest absolute Gasteiger partial charge is 0.270 e. The Hall–Kier alpha value is -2.64. The van der Waals surface area contributed by atoms with E-state index in [1.54, 1.807) is 4.90 Å². The molecule has 1 heterocycles. The van der Waals surface area contributed by atoms with Gasteiger partial charge in [-0.05, 0) is 18.4 Å². The second-order valence-corrected chi connectivity index (χ2v) is 7.50. The maximum absolute atomic E-state index is 12.9. The number of methoxy groups -OCH3 is 1. The molecule has 0 atom stereocenters. The average molecular weight is 389 g/mol. The standard InChI is InChI=1S/C20H27N3O5/c1-28-18-8-7-16(23(26)27)14-17(18)20(25)22-12-10-21(11-13-22)19(24)9-6-15-4-2-3-5-15/h7-8,14-15H,2-6,9-13H2,1H3. The summed E-state index contributed by atoms with van der Waals surface area (Å²) in [4.78, 5) is 39.2. The van der Waals surface area contributed by atoms with Gasteiger partial charge in [0, 0.05) is 44.7 Å². The van der Waals surface area contributed by atoms with Crippen LogP contribution in [0, 0.1) is 16.0 Å². The third kappa shape index (κ3) is 4.61. The van der Waals surface area contributed by atoms with Crippen LogP contribution in [0.15, 0.2) is 18.2 Å². The Labute approximate surface area is 164 Å². The van der Waals surface area contributed by atoms with Gasteiger partial charge in [-0.3, -0.25) is 19.7 Å². The van der Waals surface area contributed by atoms with Crippen molar-refractivity contribution in [3.8, 4) is 5.75 Å². The van der Waals surface area contributed by atoms with Crippen LogP contribution in [0.2, 0.25) is 0 Å². The molecule has 0 spiro atoms. The van der Waals surface area contributed by atoms with Crippen molar-refractivity contribution in [3.05, 3.63) is 33.9 Å². The molecule has 0 unspecified atom stereocenters. The van der Waals surface area contributed by atoms with Gasteiger partial charge in [-0.2, -0.15) is 0 Å². The summed E-state index contributed by atoms with van der Waals surface area (Å²) in [6.45, 7) is 1.82. The zero-order valence-electron chi connectivity index (χ0n) is 16.3. The molecular weight excluding hydrogens is 362 g/mol. The summed E-state index contributed by atoms with van der Waals surface area (Å²) in [6.07, 6.45) is 6.57. The van der Waals surface area contributed by atoms with Crippen molar-refractivity contribution >= 4 is 17.5 Å². The first kappa shape index (κ1) is 20.1. The van der Waals surface area contributed by atoms with Crippen molar-refractivity contribution < 1.29 is 19.2 Å². The number of ether oxygens (including phenoxy) is 1. The Morgan fingerprint density at radius 2 is 1.79 bits per heavy atom. The number of hydrogen-bond donors (Lipinski definition) is 0. The number of hydrogen-bond acceptors (Lipinski definition) is 5. The second kappa shape index (κ2) is 9.03. The third-order valence-corrected chi connectivity index (χ3v) is 5.79. The average Bonchev–Trinajstić information content (AvgIpc) is 3.24. The van der Waals surface area contributed by atoms with Crippen molar-refractivity contribution in [2.75, 3.05) is 33.3 Å².